The number of carbonyl (C=O) groups excluding carboxylic acids is 1. The van der Waals surface area contributed by atoms with Gasteiger partial charge in [0, 0.05) is 19.6 Å². The monoisotopic (exact) mass is 270 g/mol. The van der Waals surface area contributed by atoms with E-state index in [9.17, 15) is 14.7 Å². The average Bonchev–Trinajstić information content (AvgIpc) is 2.43. The number of hydrogen-bond acceptors (Lipinski definition) is 2. The van der Waals surface area contributed by atoms with Crippen LogP contribution in [0.4, 0.5) is 4.79 Å². The van der Waals surface area contributed by atoms with Gasteiger partial charge in [-0.3, -0.25) is 0 Å². The molecule has 1 aliphatic rings. The van der Waals surface area contributed by atoms with Crippen LogP contribution in [-0.2, 0) is 4.79 Å². The van der Waals surface area contributed by atoms with Crippen LogP contribution in [0.15, 0.2) is 0 Å². The summed E-state index contributed by atoms with van der Waals surface area (Å²) in [6, 6.07) is -0.695. The van der Waals surface area contributed by atoms with E-state index in [2.05, 4.69) is 6.92 Å². The fourth-order valence-electron chi connectivity index (χ4n) is 2.54. The van der Waals surface area contributed by atoms with Crippen molar-refractivity contribution in [1.29, 1.82) is 0 Å². The zero-order valence-electron chi connectivity index (χ0n) is 12.4. The number of piperidine rings is 1. The molecule has 0 aromatic carbocycles. The minimum absolute atomic E-state index is 0.130. The van der Waals surface area contributed by atoms with E-state index in [4.69, 9.17) is 0 Å². The van der Waals surface area contributed by atoms with E-state index >= 15 is 0 Å². The second-order valence-corrected chi connectivity index (χ2v) is 5.50. The molecule has 1 rings (SSSR count). The van der Waals surface area contributed by atoms with Crippen LogP contribution in [0.1, 0.15) is 46.5 Å². The number of urea groups is 1. The number of rotatable bonds is 4. The van der Waals surface area contributed by atoms with E-state index in [1.54, 1.807) is 11.9 Å². The first-order valence-corrected chi connectivity index (χ1v) is 7.18. The van der Waals surface area contributed by atoms with Crippen LogP contribution in [0.25, 0.3) is 0 Å². The normalized spacial score (nSPS) is 24.9. The van der Waals surface area contributed by atoms with Crippen LogP contribution in [-0.4, -0.2) is 52.6 Å². The molecule has 0 saturated carbocycles. The minimum atomic E-state index is -0.885. The molecule has 19 heavy (non-hydrogen) atoms. The zero-order chi connectivity index (χ0) is 14.6. The summed E-state index contributed by atoms with van der Waals surface area (Å²) >= 11 is 0. The first-order chi connectivity index (χ1) is 8.92. The van der Waals surface area contributed by atoms with E-state index in [1.807, 2.05) is 13.8 Å². The molecule has 3 atom stereocenters. The van der Waals surface area contributed by atoms with Crippen molar-refractivity contribution < 1.29 is 14.7 Å². The maximum atomic E-state index is 12.4. The number of carboxylic acid groups (broad SMARTS) is 1. The van der Waals surface area contributed by atoms with Gasteiger partial charge in [-0.15, -0.1) is 0 Å². The van der Waals surface area contributed by atoms with Crippen LogP contribution in [0, 0.1) is 5.92 Å². The third-order valence-corrected chi connectivity index (χ3v) is 4.37. The Morgan fingerprint density at radius 1 is 1.42 bits per heavy atom. The topological polar surface area (TPSA) is 60.9 Å². The smallest absolute Gasteiger partial charge is 0.326 e. The molecule has 0 radical (unpaired) electrons. The van der Waals surface area contributed by atoms with E-state index in [-0.39, 0.29) is 12.1 Å². The molecule has 3 unspecified atom stereocenters. The van der Waals surface area contributed by atoms with Gasteiger partial charge in [-0.25, -0.2) is 9.59 Å². The van der Waals surface area contributed by atoms with Gasteiger partial charge in [-0.2, -0.15) is 0 Å². The van der Waals surface area contributed by atoms with Gasteiger partial charge in [0.05, 0.1) is 0 Å². The Labute approximate surface area is 115 Å². The Morgan fingerprint density at radius 3 is 2.53 bits per heavy atom. The van der Waals surface area contributed by atoms with Gasteiger partial charge in [-0.05, 0) is 32.1 Å². The molecule has 1 aliphatic heterocycles. The number of hydrogen-bond donors (Lipinski definition) is 1. The highest BCUT2D eigenvalue weighted by molar-refractivity contribution is 5.83. The zero-order valence-corrected chi connectivity index (χ0v) is 12.4. The fourth-order valence-corrected chi connectivity index (χ4v) is 2.54. The van der Waals surface area contributed by atoms with Crippen molar-refractivity contribution in [2.24, 2.45) is 5.92 Å². The van der Waals surface area contributed by atoms with Crippen molar-refractivity contribution in [3.63, 3.8) is 0 Å². The van der Waals surface area contributed by atoms with Gasteiger partial charge < -0.3 is 14.9 Å². The fraction of sp³-hybridized carbons (Fsp3) is 0.857. The molecular formula is C14H26N2O3. The van der Waals surface area contributed by atoms with E-state index in [1.165, 1.54) is 4.90 Å². The predicted molar refractivity (Wildman–Crippen MR) is 74.1 cm³/mol. The van der Waals surface area contributed by atoms with E-state index < -0.39 is 12.0 Å². The minimum Gasteiger partial charge on any atom is -0.480 e. The van der Waals surface area contributed by atoms with Crippen LogP contribution >= 0.6 is 0 Å². The summed E-state index contributed by atoms with van der Waals surface area (Å²) < 4.78 is 0. The summed E-state index contributed by atoms with van der Waals surface area (Å²) in [7, 11) is 1.75. The van der Waals surface area contributed by atoms with Gasteiger partial charge >= 0.3 is 12.0 Å². The molecule has 0 spiro atoms. The molecule has 2 amide bonds. The molecule has 0 aromatic heterocycles. The number of nitrogens with zero attached hydrogens (tertiary/aromatic N) is 2. The van der Waals surface area contributed by atoms with Gasteiger partial charge in [-0.1, -0.05) is 20.3 Å². The van der Waals surface area contributed by atoms with Crippen molar-refractivity contribution in [2.45, 2.75) is 58.5 Å². The Bertz CT molecular complexity index is 333. The van der Waals surface area contributed by atoms with E-state index in [0.717, 1.165) is 19.3 Å². The van der Waals surface area contributed by atoms with E-state index in [0.29, 0.717) is 18.9 Å². The molecule has 5 heteroatoms. The number of carboxylic acids is 1. The lowest BCUT2D eigenvalue weighted by Crippen LogP contribution is -2.55. The quantitative estimate of drug-likeness (QED) is 0.853. The maximum Gasteiger partial charge on any atom is 0.326 e. The predicted octanol–water partition coefficient (Wildman–Crippen LogP) is 2.41. The maximum absolute atomic E-state index is 12.4. The summed E-state index contributed by atoms with van der Waals surface area (Å²) in [6.07, 6.45) is 3.32. The highest BCUT2D eigenvalue weighted by atomic mass is 16.4. The second-order valence-electron chi connectivity index (χ2n) is 5.50. The lowest BCUT2D eigenvalue weighted by Gasteiger charge is -2.40. The number of amides is 2. The van der Waals surface area contributed by atoms with Gasteiger partial charge in [0.2, 0.25) is 0 Å². The van der Waals surface area contributed by atoms with Crippen molar-refractivity contribution >= 4 is 12.0 Å². The highest BCUT2D eigenvalue weighted by Gasteiger charge is 2.37. The Morgan fingerprint density at radius 2 is 2.05 bits per heavy atom. The molecule has 0 aliphatic carbocycles. The number of aliphatic carboxylic acids is 1. The molecule has 1 heterocycles. The first kappa shape index (κ1) is 15.8. The Kier molecular flexibility index (Phi) is 5.63. The van der Waals surface area contributed by atoms with Crippen molar-refractivity contribution in [3.8, 4) is 0 Å². The summed E-state index contributed by atoms with van der Waals surface area (Å²) in [4.78, 5) is 27.0. The molecule has 5 nitrogen and oxygen atoms in total. The lowest BCUT2D eigenvalue weighted by atomic mass is 9.89. The lowest BCUT2D eigenvalue weighted by molar-refractivity contribution is -0.144. The van der Waals surface area contributed by atoms with Crippen LogP contribution < -0.4 is 0 Å². The average molecular weight is 270 g/mol. The second kappa shape index (κ2) is 6.78. The Hall–Kier alpha value is -1.26. The largest absolute Gasteiger partial charge is 0.480 e. The van der Waals surface area contributed by atoms with Gasteiger partial charge in [0.1, 0.15) is 6.04 Å². The number of likely N-dealkylation sites (tertiary alicyclic amines) is 1. The molecule has 0 aromatic rings. The van der Waals surface area contributed by atoms with Crippen LogP contribution in [0.2, 0.25) is 0 Å². The summed E-state index contributed by atoms with van der Waals surface area (Å²) in [6.45, 7) is 6.63. The van der Waals surface area contributed by atoms with Gasteiger partial charge in [0.25, 0.3) is 0 Å². The number of carbonyl (C=O) groups is 2. The SMILES string of the molecule is CCC1CCN(C(=O)N(C)C(C)CC)C(C(=O)O)C1. The molecule has 1 N–H and O–H groups in total. The highest BCUT2D eigenvalue weighted by Crippen LogP contribution is 2.26. The third kappa shape index (κ3) is 3.61. The van der Waals surface area contributed by atoms with Crippen molar-refractivity contribution in [2.75, 3.05) is 13.6 Å². The van der Waals surface area contributed by atoms with Crippen LogP contribution in [0.3, 0.4) is 0 Å². The molecule has 1 saturated heterocycles. The van der Waals surface area contributed by atoms with Crippen molar-refractivity contribution in [3.05, 3.63) is 0 Å². The summed E-state index contributed by atoms with van der Waals surface area (Å²) in [5.41, 5.74) is 0. The standard InChI is InChI=1S/C14H26N2O3/c1-5-10(3)15(4)14(19)16-8-7-11(6-2)9-12(16)13(17)18/h10-12H,5-9H2,1-4H3,(H,17,18). The Balaban J connectivity index is 2.79. The molecule has 1 fully saturated rings. The molecule has 110 valence electrons. The molecular weight excluding hydrogens is 244 g/mol. The van der Waals surface area contributed by atoms with Crippen molar-refractivity contribution in [1.82, 2.24) is 9.80 Å². The first-order valence-electron chi connectivity index (χ1n) is 7.18. The summed E-state index contributed by atoms with van der Waals surface area (Å²) in [5, 5.41) is 9.34. The summed E-state index contributed by atoms with van der Waals surface area (Å²) in [5.74, 6) is -0.469. The van der Waals surface area contributed by atoms with Crippen LogP contribution in [0.5, 0.6) is 0 Å². The molecule has 0 bridgehead atoms. The van der Waals surface area contributed by atoms with Gasteiger partial charge in [0.15, 0.2) is 0 Å². The third-order valence-electron chi connectivity index (χ3n) is 4.37.